The number of carbonyl (C=O) groups excluding carboxylic acids is 2. The lowest BCUT2D eigenvalue weighted by atomic mass is 10.0. The maximum Gasteiger partial charge on any atom is 0.253 e. The quantitative estimate of drug-likeness (QED) is 0.249. The van der Waals surface area contributed by atoms with Crippen molar-refractivity contribution in [2.45, 2.75) is 18.9 Å². The summed E-state index contributed by atoms with van der Waals surface area (Å²) in [5.74, 6) is -0.622. The Labute approximate surface area is 207 Å². The van der Waals surface area contributed by atoms with Crippen LogP contribution in [0.5, 0.6) is 0 Å². The Bertz CT molecular complexity index is 1500. The van der Waals surface area contributed by atoms with Gasteiger partial charge in [0.05, 0.1) is 10.6 Å². The zero-order chi connectivity index (χ0) is 24.2. The number of fused-ring (bicyclic) bond motifs is 2. The van der Waals surface area contributed by atoms with Crippen molar-refractivity contribution < 1.29 is 9.59 Å². The Hall–Kier alpha value is -4.03. The van der Waals surface area contributed by atoms with Crippen molar-refractivity contribution in [1.82, 2.24) is 20.6 Å². The molecule has 176 valence electrons. The van der Waals surface area contributed by atoms with Gasteiger partial charge in [-0.25, -0.2) is 0 Å². The van der Waals surface area contributed by atoms with Gasteiger partial charge in [0.2, 0.25) is 5.91 Å². The molecular weight excluding hydrogens is 460 g/mol. The molecule has 3 aromatic carbocycles. The molecule has 5 aromatic rings. The third-order valence-corrected chi connectivity index (χ3v) is 6.54. The number of H-pyrrole nitrogens is 2. The largest absolute Gasteiger partial charge is 0.361 e. The molecule has 4 N–H and O–H groups in total. The zero-order valence-electron chi connectivity index (χ0n) is 19.0. The number of hydrogen-bond donors (Lipinski definition) is 4. The normalized spacial score (nSPS) is 12.0. The van der Waals surface area contributed by atoms with Gasteiger partial charge in [-0.2, -0.15) is 0 Å². The lowest BCUT2D eigenvalue weighted by Gasteiger charge is -2.19. The molecule has 35 heavy (non-hydrogen) atoms. The van der Waals surface area contributed by atoms with Crippen molar-refractivity contribution in [2.75, 3.05) is 6.54 Å². The predicted molar refractivity (Wildman–Crippen MR) is 140 cm³/mol. The van der Waals surface area contributed by atoms with Gasteiger partial charge in [-0.1, -0.05) is 60.1 Å². The van der Waals surface area contributed by atoms with Crippen molar-refractivity contribution >= 4 is 45.2 Å². The van der Waals surface area contributed by atoms with Crippen LogP contribution in [0, 0.1) is 0 Å². The highest BCUT2D eigenvalue weighted by Gasteiger charge is 2.24. The summed E-state index contributed by atoms with van der Waals surface area (Å²) in [6.07, 6.45) is 4.88. The number of rotatable bonds is 8. The standard InChI is InChI=1S/C28H25ClN4O2/c29-23-10-4-1-9-22(23)27(34)33-26(15-19-17-32-25-12-6-3-8-21(19)25)28(35)30-14-13-18-16-31-24-11-5-2-7-20(18)24/h1-12,16-17,26,31-32H,13-15H2,(H,30,35)(H,33,34)/t26-/m0/s1. The average molecular weight is 485 g/mol. The van der Waals surface area contributed by atoms with Crippen LogP contribution in [0.15, 0.2) is 85.2 Å². The number of aromatic nitrogens is 2. The fraction of sp³-hybridized carbons (Fsp3) is 0.143. The lowest BCUT2D eigenvalue weighted by molar-refractivity contribution is -0.122. The van der Waals surface area contributed by atoms with Crippen molar-refractivity contribution in [3.63, 3.8) is 0 Å². The smallest absolute Gasteiger partial charge is 0.253 e. The van der Waals surface area contributed by atoms with Gasteiger partial charge in [0.15, 0.2) is 0 Å². The first-order valence-electron chi connectivity index (χ1n) is 11.5. The first kappa shape index (κ1) is 22.7. The summed E-state index contributed by atoms with van der Waals surface area (Å²) in [5, 5.41) is 8.41. The minimum atomic E-state index is -0.763. The van der Waals surface area contributed by atoms with Gasteiger partial charge in [-0.3, -0.25) is 9.59 Å². The summed E-state index contributed by atoms with van der Waals surface area (Å²) >= 11 is 6.22. The Kier molecular flexibility index (Phi) is 6.55. The molecule has 5 rings (SSSR count). The number of amides is 2. The Morgan fingerprint density at radius 2 is 1.40 bits per heavy atom. The number of para-hydroxylation sites is 2. The second kappa shape index (κ2) is 10.1. The van der Waals surface area contributed by atoms with E-state index in [1.54, 1.807) is 24.3 Å². The van der Waals surface area contributed by atoms with E-state index in [4.69, 9.17) is 11.6 Å². The van der Waals surface area contributed by atoms with E-state index in [-0.39, 0.29) is 11.8 Å². The van der Waals surface area contributed by atoms with Gasteiger partial charge in [-0.05, 0) is 41.8 Å². The van der Waals surface area contributed by atoms with Crippen LogP contribution < -0.4 is 10.6 Å². The second-order valence-corrected chi connectivity index (χ2v) is 8.88. The summed E-state index contributed by atoms with van der Waals surface area (Å²) < 4.78 is 0. The second-order valence-electron chi connectivity index (χ2n) is 8.47. The molecule has 0 fully saturated rings. The molecule has 0 saturated heterocycles. The number of hydrogen-bond acceptors (Lipinski definition) is 2. The predicted octanol–water partition coefficient (Wildman–Crippen LogP) is 5.00. The van der Waals surface area contributed by atoms with Gasteiger partial charge >= 0.3 is 0 Å². The number of carbonyl (C=O) groups is 2. The van der Waals surface area contributed by atoms with E-state index in [1.807, 2.05) is 54.9 Å². The first-order chi connectivity index (χ1) is 17.1. The lowest BCUT2D eigenvalue weighted by Crippen LogP contribution is -2.48. The summed E-state index contributed by atoms with van der Waals surface area (Å²) in [5.41, 5.74) is 4.48. The van der Waals surface area contributed by atoms with E-state index in [2.05, 4.69) is 26.7 Å². The van der Waals surface area contributed by atoms with Crippen LogP contribution in [0.3, 0.4) is 0 Å². The van der Waals surface area contributed by atoms with Crippen molar-refractivity contribution in [3.05, 3.63) is 107 Å². The summed E-state index contributed by atoms with van der Waals surface area (Å²) in [6.45, 7) is 0.451. The zero-order valence-corrected chi connectivity index (χ0v) is 19.7. The molecule has 2 heterocycles. The maximum absolute atomic E-state index is 13.3. The van der Waals surface area contributed by atoms with Gasteiger partial charge in [0, 0.05) is 47.2 Å². The van der Waals surface area contributed by atoms with Crippen LogP contribution >= 0.6 is 11.6 Å². The van der Waals surface area contributed by atoms with Crippen LogP contribution in [0.4, 0.5) is 0 Å². The SMILES string of the molecule is O=C(N[C@@H](Cc1c[nH]c2ccccc12)C(=O)NCCc1c[nH]c2ccccc12)c1ccccc1Cl. The molecule has 0 radical (unpaired) electrons. The molecule has 6 nitrogen and oxygen atoms in total. The maximum atomic E-state index is 13.3. The topological polar surface area (TPSA) is 89.8 Å². The molecular formula is C28H25ClN4O2. The van der Waals surface area contributed by atoms with Crippen molar-refractivity contribution in [1.29, 1.82) is 0 Å². The molecule has 2 amide bonds. The van der Waals surface area contributed by atoms with E-state index in [1.165, 1.54) is 0 Å². The van der Waals surface area contributed by atoms with Gasteiger partial charge in [0.1, 0.15) is 6.04 Å². The Morgan fingerprint density at radius 3 is 2.11 bits per heavy atom. The van der Waals surface area contributed by atoms with E-state index in [0.29, 0.717) is 30.0 Å². The van der Waals surface area contributed by atoms with Crippen molar-refractivity contribution in [2.24, 2.45) is 0 Å². The van der Waals surface area contributed by atoms with Crippen LogP contribution in [-0.2, 0) is 17.6 Å². The first-order valence-corrected chi connectivity index (χ1v) is 11.9. The minimum absolute atomic E-state index is 0.240. The molecule has 0 aliphatic rings. The number of halogens is 1. The van der Waals surface area contributed by atoms with E-state index in [0.717, 1.165) is 32.9 Å². The minimum Gasteiger partial charge on any atom is -0.361 e. The molecule has 0 spiro atoms. The highest BCUT2D eigenvalue weighted by molar-refractivity contribution is 6.33. The fourth-order valence-electron chi connectivity index (χ4n) is 4.39. The third kappa shape index (κ3) is 4.93. The number of benzene rings is 3. The molecule has 7 heteroatoms. The monoisotopic (exact) mass is 484 g/mol. The average Bonchev–Trinajstić information content (AvgIpc) is 3.48. The Balaban J connectivity index is 1.32. The van der Waals surface area contributed by atoms with Gasteiger partial charge < -0.3 is 20.6 Å². The van der Waals surface area contributed by atoms with Crippen LogP contribution in [-0.4, -0.2) is 34.4 Å². The molecule has 0 aliphatic heterocycles. The Morgan fingerprint density at radius 1 is 0.800 bits per heavy atom. The van der Waals surface area contributed by atoms with Gasteiger partial charge in [0.25, 0.3) is 5.91 Å². The third-order valence-electron chi connectivity index (χ3n) is 6.21. The number of nitrogens with one attached hydrogen (secondary N) is 4. The highest BCUT2D eigenvalue weighted by Crippen LogP contribution is 2.21. The van der Waals surface area contributed by atoms with Crippen LogP contribution in [0.25, 0.3) is 21.8 Å². The molecule has 0 unspecified atom stereocenters. The van der Waals surface area contributed by atoms with Crippen LogP contribution in [0.1, 0.15) is 21.5 Å². The molecule has 2 aromatic heterocycles. The molecule has 0 saturated carbocycles. The summed E-state index contributed by atoms with van der Waals surface area (Å²) in [6, 6.07) is 22.0. The summed E-state index contributed by atoms with van der Waals surface area (Å²) in [4.78, 5) is 32.8. The summed E-state index contributed by atoms with van der Waals surface area (Å²) in [7, 11) is 0. The molecule has 1 atom stereocenters. The van der Waals surface area contributed by atoms with Gasteiger partial charge in [-0.15, -0.1) is 0 Å². The van der Waals surface area contributed by atoms with E-state index in [9.17, 15) is 9.59 Å². The fourth-order valence-corrected chi connectivity index (χ4v) is 4.61. The molecule has 0 bridgehead atoms. The number of aromatic amines is 2. The highest BCUT2D eigenvalue weighted by atomic mass is 35.5. The van der Waals surface area contributed by atoms with Crippen molar-refractivity contribution in [3.8, 4) is 0 Å². The van der Waals surface area contributed by atoms with Crippen LogP contribution in [0.2, 0.25) is 5.02 Å². The molecule has 0 aliphatic carbocycles. The van der Waals surface area contributed by atoms with E-state index >= 15 is 0 Å². The van der Waals surface area contributed by atoms with E-state index < -0.39 is 6.04 Å².